The number of hydrogen-bond donors (Lipinski definition) is 1. The van der Waals surface area contributed by atoms with Gasteiger partial charge in [0.1, 0.15) is 16.4 Å². The van der Waals surface area contributed by atoms with E-state index < -0.39 is 0 Å². The average molecular weight is 248 g/mol. The number of hydrogen-bond acceptors (Lipinski definition) is 4. The SMILES string of the molecule is COc1ccc(-c2nc(C(C)C)sc2N)cc1. The van der Waals surface area contributed by atoms with Crippen LogP contribution < -0.4 is 10.5 Å². The van der Waals surface area contributed by atoms with E-state index in [9.17, 15) is 0 Å². The van der Waals surface area contributed by atoms with Crippen LogP contribution in [-0.4, -0.2) is 12.1 Å². The van der Waals surface area contributed by atoms with Gasteiger partial charge in [-0.15, -0.1) is 11.3 Å². The molecule has 2 aromatic rings. The number of methoxy groups -OCH3 is 1. The van der Waals surface area contributed by atoms with Crippen LogP contribution in [0.15, 0.2) is 24.3 Å². The van der Waals surface area contributed by atoms with Crippen molar-refractivity contribution >= 4 is 16.3 Å². The minimum Gasteiger partial charge on any atom is -0.497 e. The highest BCUT2D eigenvalue weighted by Crippen LogP contribution is 2.34. The van der Waals surface area contributed by atoms with Crippen molar-refractivity contribution in [2.75, 3.05) is 12.8 Å². The lowest BCUT2D eigenvalue weighted by atomic mass is 10.1. The van der Waals surface area contributed by atoms with Gasteiger partial charge in [0.25, 0.3) is 0 Å². The van der Waals surface area contributed by atoms with Gasteiger partial charge in [-0.05, 0) is 24.3 Å². The molecule has 0 saturated heterocycles. The van der Waals surface area contributed by atoms with E-state index in [0.717, 1.165) is 27.0 Å². The van der Waals surface area contributed by atoms with Gasteiger partial charge in [-0.2, -0.15) is 0 Å². The van der Waals surface area contributed by atoms with E-state index in [-0.39, 0.29) is 0 Å². The van der Waals surface area contributed by atoms with Gasteiger partial charge >= 0.3 is 0 Å². The molecule has 3 nitrogen and oxygen atoms in total. The van der Waals surface area contributed by atoms with Crippen LogP contribution in [0, 0.1) is 0 Å². The fourth-order valence-corrected chi connectivity index (χ4v) is 2.41. The molecule has 2 rings (SSSR count). The Morgan fingerprint density at radius 1 is 1.24 bits per heavy atom. The highest BCUT2D eigenvalue weighted by atomic mass is 32.1. The molecule has 0 spiro atoms. The van der Waals surface area contributed by atoms with Crippen LogP contribution in [0.25, 0.3) is 11.3 Å². The van der Waals surface area contributed by atoms with E-state index in [1.54, 1.807) is 18.4 Å². The topological polar surface area (TPSA) is 48.1 Å². The molecule has 1 aromatic carbocycles. The number of aromatic nitrogens is 1. The van der Waals surface area contributed by atoms with Crippen molar-refractivity contribution in [2.45, 2.75) is 19.8 Å². The normalized spacial score (nSPS) is 10.8. The van der Waals surface area contributed by atoms with Gasteiger partial charge in [0.15, 0.2) is 0 Å². The Bertz CT molecular complexity index is 503. The van der Waals surface area contributed by atoms with Crippen LogP contribution >= 0.6 is 11.3 Å². The molecule has 0 aliphatic rings. The van der Waals surface area contributed by atoms with Crippen molar-refractivity contribution in [1.82, 2.24) is 4.98 Å². The molecule has 0 atom stereocenters. The molecule has 0 aliphatic heterocycles. The summed E-state index contributed by atoms with van der Waals surface area (Å²) < 4.78 is 5.13. The van der Waals surface area contributed by atoms with Crippen molar-refractivity contribution in [3.63, 3.8) is 0 Å². The maximum Gasteiger partial charge on any atom is 0.118 e. The van der Waals surface area contributed by atoms with Gasteiger partial charge in [0.05, 0.1) is 12.1 Å². The van der Waals surface area contributed by atoms with Crippen LogP contribution in [0.3, 0.4) is 0 Å². The number of thiazole rings is 1. The molecule has 1 aromatic heterocycles. The zero-order valence-corrected chi connectivity index (χ0v) is 11.0. The lowest BCUT2D eigenvalue weighted by molar-refractivity contribution is 0.415. The summed E-state index contributed by atoms with van der Waals surface area (Å²) in [5, 5.41) is 1.85. The standard InChI is InChI=1S/C13H16N2OS/c1-8(2)13-15-11(12(14)17-13)9-4-6-10(16-3)7-5-9/h4-8H,14H2,1-3H3. The molecule has 4 heteroatoms. The second-order valence-corrected chi connectivity index (χ2v) is 5.21. The summed E-state index contributed by atoms with van der Waals surface area (Å²) in [6.45, 7) is 4.24. The molecular weight excluding hydrogens is 232 g/mol. The molecule has 0 amide bonds. The Labute approximate surface area is 105 Å². The molecule has 0 aliphatic carbocycles. The van der Waals surface area contributed by atoms with E-state index in [1.165, 1.54) is 0 Å². The Morgan fingerprint density at radius 2 is 1.88 bits per heavy atom. The number of ether oxygens (including phenoxy) is 1. The summed E-state index contributed by atoms with van der Waals surface area (Å²) in [6.07, 6.45) is 0. The minimum absolute atomic E-state index is 0.411. The lowest BCUT2D eigenvalue weighted by Gasteiger charge is -2.01. The largest absolute Gasteiger partial charge is 0.497 e. The number of anilines is 1. The number of benzene rings is 1. The summed E-state index contributed by atoms with van der Waals surface area (Å²) in [7, 11) is 1.66. The molecular formula is C13H16N2OS. The van der Waals surface area contributed by atoms with Crippen LogP contribution in [0.1, 0.15) is 24.8 Å². The van der Waals surface area contributed by atoms with Gasteiger partial charge in [-0.1, -0.05) is 13.8 Å². The molecule has 0 fully saturated rings. The monoisotopic (exact) mass is 248 g/mol. The minimum atomic E-state index is 0.411. The molecule has 1 heterocycles. The van der Waals surface area contributed by atoms with Gasteiger partial charge in [0, 0.05) is 11.5 Å². The maximum absolute atomic E-state index is 6.01. The average Bonchev–Trinajstić information content (AvgIpc) is 2.72. The third kappa shape index (κ3) is 2.42. The second kappa shape index (κ2) is 4.75. The third-order valence-corrected chi connectivity index (χ3v) is 3.71. The Morgan fingerprint density at radius 3 is 2.35 bits per heavy atom. The first kappa shape index (κ1) is 11.9. The van der Waals surface area contributed by atoms with Gasteiger partial charge in [0.2, 0.25) is 0 Å². The summed E-state index contributed by atoms with van der Waals surface area (Å²) in [5.74, 6) is 1.25. The fourth-order valence-electron chi connectivity index (χ4n) is 1.55. The van der Waals surface area contributed by atoms with Crippen molar-refractivity contribution in [3.8, 4) is 17.0 Å². The van der Waals surface area contributed by atoms with E-state index in [1.807, 2.05) is 24.3 Å². The number of nitrogens with zero attached hydrogens (tertiary/aromatic N) is 1. The molecule has 0 radical (unpaired) electrons. The van der Waals surface area contributed by atoms with Crippen LogP contribution in [0.4, 0.5) is 5.00 Å². The smallest absolute Gasteiger partial charge is 0.118 e. The summed E-state index contributed by atoms with van der Waals surface area (Å²) in [6, 6.07) is 7.80. The lowest BCUT2D eigenvalue weighted by Crippen LogP contribution is -1.88. The molecule has 17 heavy (non-hydrogen) atoms. The van der Waals surface area contributed by atoms with Crippen molar-refractivity contribution in [1.29, 1.82) is 0 Å². The number of nitrogen functional groups attached to an aromatic ring is 1. The fraction of sp³-hybridized carbons (Fsp3) is 0.308. The maximum atomic E-state index is 6.01. The number of nitrogens with two attached hydrogens (primary N) is 1. The predicted octanol–water partition coefficient (Wildman–Crippen LogP) is 3.52. The first-order valence-corrected chi connectivity index (χ1v) is 6.34. The van der Waals surface area contributed by atoms with Gasteiger partial charge in [-0.25, -0.2) is 4.98 Å². The van der Waals surface area contributed by atoms with Crippen LogP contribution in [-0.2, 0) is 0 Å². The predicted molar refractivity (Wildman–Crippen MR) is 72.6 cm³/mol. The van der Waals surface area contributed by atoms with Crippen LogP contribution in [0.5, 0.6) is 5.75 Å². The van der Waals surface area contributed by atoms with Gasteiger partial charge < -0.3 is 10.5 Å². The molecule has 0 bridgehead atoms. The molecule has 90 valence electrons. The van der Waals surface area contributed by atoms with E-state index in [2.05, 4.69) is 18.8 Å². The molecule has 0 saturated carbocycles. The highest BCUT2D eigenvalue weighted by molar-refractivity contribution is 7.16. The van der Waals surface area contributed by atoms with Crippen molar-refractivity contribution in [2.24, 2.45) is 0 Å². The summed E-state index contributed by atoms with van der Waals surface area (Å²) >= 11 is 1.56. The van der Waals surface area contributed by atoms with Crippen molar-refractivity contribution in [3.05, 3.63) is 29.3 Å². The third-order valence-electron chi connectivity index (χ3n) is 2.53. The summed E-state index contributed by atoms with van der Waals surface area (Å²) in [4.78, 5) is 4.59. The molecule has 0 unspecified atom stereocenters. The summed E-state index contributed by atoms with van der Waals surface area (Å²) in [5.41, 5.74) is 7.92. The van der Waals surface area contributed by atoms with Crippen LogP contribution in [0.2, 0.25) is 0 Å². The zero-order valence-electron chi connectivity index (χ0n) is 10.2. The zero-order chi connectivity index (χ0) is 12.4. The quantitative estimate of drug-likeness (QED) is 0.904. The van der Waals surface area contributed by atoms with Gasteiger partial charge in [-0.3, -0.25) is 0 Å². The van der Waals surface area contributed by atoms with E-state index in [0.29, 0.717) is 5.92 Å². The first-order valence-electron chi connectivity index (χ1n) is 5.52. The van der Waals surface area contributed by atoms with E-state index in [4.69, 9.17) is 10.5 Å². The number of rotatable bonds is 3. The van der Waals surface area contributed by atoms with Crippen molar-refractivity contribution < 1.29 is 4.74 Å². The highest BCUT2D eigenvalue weighted by Gasteiger charge is 2.12. The molecule has 2 N–H and O–H groups in total. The Balaban J connectivity index is 2.38. The van der Waals surface area contributed by atoms with E-state index >= 15 is 0 Å². The first-order chi connectivity index (χ1) is 8.11. The Kier molecular flexibility index (Phi) is 3.33. The second-order valence-electron chi connectivity index (χ2n) is 4.15. The Hall–Kier alpha value is -1.55.